The molecule has 5 heterocycles. The van der Waals surface area contributed by atoms with E-state index in [1.807, 2.05) is 18.2 Å². The zero-order chi connectivity index (χ0) is 24.6. The van der Waals surface area contributed by atoms with E-state index in [1.54, 1.807) is 22.5 Å². The molecule has 0 bridgehead atoms. The van der Waals surface area contributed by atoms with Gasteiger partial charge in [-0.1, -0.05) is 26.8 Å². The number of ether oxygens (including phenoxy) is 1. The molecule has 180 valence electrons. The number of pyridine rings is 2. The summed E-state index contributed by atoms with van der Waals surface area (Å²) in [6.45, 7) is 6.50. The van der Waals surface area contributed by atoms with Crippen molar-refractivity contribution >= 4 is 34.3 Å². The van der Waals surface area contributed by atoms with Crippen LogP contribution in [-0.4, -0.2) is 33.2 Å². The number of cyclic esters (lactones) is 1. The summed E-state index contributed by atoms with van der Waals surface area (Å²) >= 11 is 0. The molecular weight excluding hydrogens is 448 g/mol. The summed E-state index contributed by atoms with van der Waals surface area (Å²) in [5.74, 6) is -0.348. The number of aliphatic hydroxyl groups is 1. The van der Waals surface area contributed by atoms with E-state index in [0.717, 1.165) is 23.1 Å². The molecular formula is C26H26N4O5. The minimum Gasteiger partial charge on any atom is -0.458 e. The van der Waals surface area contributed by atoms with Gasteiger partial charge in [0.2, 0.25) is 0 Å². The van der Waals surface area contributed by atoms with Crippen molar-refractivity contribution in [2.24, 2.45) is 5.92 Å². The van der Waals surface area contributed by atoms with Gasteiger partial charge in [-0.2, -0.15) is 0 Å². The fraction of sp³-hybridized carbons (Fsp3) is 0.385. The molecule has 2 amide bonds. The standard InChI is InChI=1S/C26H26N4O5/c1-4-26(34)16-10-19-21-14(11-30(19)23(31)15(16)12-35-24(26)32)22-20-17(27-21)6-5-7-18(20)28-25(33)29(22)9-8-13(2)3/h5-7,10,13,34H,4,8-9,11-12H2,1-3H3,(H,28,33)/t26-/m0/s1. The number of fused-ring (bicyclic) bond motifs is 5. The molecule has 0 fully saturated rings. The molecule has 0 spiro atoms. The molecule has 2 N–H and O–H groups in total. The first kappa shape index (κ1) is 21.8. The zero-order valence-electron chi connectivity index (χ0n) is 19.8. The number of hydrogen-bond acceptors (Lipinski definition) is 6. The molecule has 2 aromatic heterocycles. The number of hydrogen-bond donors (Lipinski definition) is 2. The van der Waals surface area contributed by atoms with Gasteiger partial charge in [-0.05, 0) is 37.0 Å². The third-order valence-electron chi connectivity index (χ3n) is 7.37. The number of nitrogens with one attached hydrogen (secondary N) is 1. The summed E-state index contributed by atoms with van der Waals surface area (Å²) in [6, 6.07) is 7.07. The van der Waals surface area contributed by atoms with Gasteiger partial charge in [0.15, 0.2) is 5.60 Å². The summed E-state index contributed by atoms with van der Waals surface area (Å²) in [4.78, 5) is 45.8. The summed E-state index contributed by atoms with van der Waals surface area (Å²) in [5.41, 5.74) is 2.43. The summed E-state index contributed by atoms with van der Waals surface area (Å²) in [5, 5.41) is 14.9. The Balaban J connectivity index is 1.63. The molecule has 0 aliphatic carbocycles. The Labute approximate surface area is 201 Å². The second-order valence-corrected chi connectivity index (χ2v) is 9.85. The largest absolute Gasteiger partial charge is 0.458 e. The summed E-state index contributed by atoms with van der Waals surface area (Å²) in [6.07, 6.45) is 0.899. The van der Waals surface area contributed by atoms with Gasteiger partial charge in [0.25, 0.3) is 5.56 Å². The topological polar surface area (TPSA) is 114 Å². The predicted octanol–water partition coefficient (Wildman–Crippen LogP) is 3.48. The van der Waals surface area contributed by atoms with Crippen molar-refractivity contribution in [2.45, 2.75) is 52.4 Å². The van der Waals surface area contributed by atoms with Gasteiger partial charge >= 0.3 is 12.0 Å². The smallest absolute Gasteiger partial charge is 0.343 e. The molecule has 0 radical (unpaired) electrons. The highest BCUT2D eigenvalue weighted by Gasteiger charge is 2.46. The monoisotopic (exact) mass is 474 g/mol. The van der Waals surface area contributed by atoms with Crippen molar-refractivity contribution in [3.8, 4) is 11.4 Å². The van der Waals surface area contributed by atoms with Gasteiger partial charge in [0.1, 0.15) is 6.61 Å². The van der Waals surface area contributed by atoms with E-state index in [4.69, 9.17) is 9.72 Å². The first-order valence-electron chi connectivity index (χ1n) is 12.0. The SMILES string of the molecule is CC[C@@]1(O)C(=O)OCc2c1cc1n(c2=O)Cc2c-1nc1cccc3c1c2N(CCC(C)C)C(=O)N3. The van der Waals surface area contributed by atoms with Crippen molar-refractivity contribution in [3.05, 3.63) is 51.3 Å². The minimum atomic E-state index is -1.88. The number of urea groups is 1. The minimum absolute atomic E-state index is 0.0808. The normalized spacial score (nSPS) is 20.0. The van der Waals surface area contributed by atoms with Crippen LogP contribution < -0.4 is 15.8 Å². The lowest BCUT2D eigenvalue weighted by molar-refractivity contribution is -0.172. The molecule has 3 aromatic rings. The maximum Gasteiger partial charge on any atom is 0.343 e. The van der Waals surface area contributed by atoms with Gasteiger partial charge in [-0.25, -0.2) is 14.6 Å². The van der Waals surface area contributed by atoms with Crippen LogP contribution in [-0.2, 0) is 28.3 Å². The van der Waals surface area contributed by atoms with E-state index < -0.39 is 11.6 Å². The summed E-state index contributed by atoms with van der Waals surface area (Å²) in [7, 11) is 0. The molecule has 0 saturated carbocycles. The maximum absolute atomic E-state index is 13.6. The van der Waals surface area contributed by atoms with Crippen LogP contribution in [0.15, 0.2) is 29.1 Å². The molecule has 1 atom stereocenters. The number of carbonyl (C=O) groups excluding carboxylic acids is 2. The highest BCUT2D eigenvalue weighted by Crippen LogP contribution is 2.46. The number of benzene rings is 1. The molecule has 35 heavy (non-hydrogen) atoms. The Morgan fingerprint density at radius 1 is 1.23 bits per heavy atom. The number of aromatic nitrogens is 2. The number of nitrogens with zero attached hydrogens (tertiary/aromatic N) is 3. The number of esters is 1. The van der Waals surface area contributed by atoms with E-state index in [9.17, 15) is 19.5 Å². The number of anilines is 2. The Morgan fingerprint density at radius 2 is 2.03 bits per heavy atom. The van der Waals surface area contributed by atoms with Gasteiger partial charge in [-0.3, -0.25) is 9.69 Å². The van der Waals surface area contributed by atoms with Crippen LogP contribution in [0.3, 0.4) is 0 Å². The quantitative estimate of drug-likeness (QED) is 0.438. The van der Waals surface area contributed by atoms with Crippen LogP contribution in [0.2, 0.25) is 0 Å². The lowest BCUT2D eigenvalue weighted by Crippen LogP contribution is -2.44. The van der Waals surface area contributed by atoms with E-state index in [0.29, 0.717) is 35.1 Å². The Morgan fingerprint density at radius 3 is 2.77 bits per heavy atom. The van der Waals surface area contributed by atoms with Crippen LogP contribution in [0.25, 0.3) is 22.3 Å². The molecule has 1 aromatic carbocycles. The second-order valence-electron chi connectivity index (χ2n) is 9.85. The molecule has 3 aliphatic heterocycles. The average Bonchev–Trinajstić information content (AvgIpc) is 3.20. The van der Waals surface area contributed by atoms with E-state index >= 15 is 0 Å². The molecule has 3 aliphatic rings. The van der Waals surface area contributed by atoms with Crippen molar-refractivity contribution in [3.63, 3.8) is 0 Å². The molecule has 0 saturated heterocycles. The first-order chi connectivity index (χ1) is 16.7. The summed E-state index contributed by atoms with van der Waals surface area (Å²) < 4.78 is 6.77. The average molecular weight is 475 g/mol. The zero-order valence-corrected chi connectivity index (χ0v) is 19.8. The Hall–Kier alpha value is -3.72. The number of amides is 2. The van der Waals surface area contributed by atoms with Gasteiger partial charge < -0.3 is 19.7 Å². The Bertz CT molecular complexity index is 1510. The molecule has 6 rings (SSSR count). The fourth-order valence-electron chi connectivity index (χ4n) is 5.39. The van der Waals surface area contributed by atoms with E-state index in [2.05, 4.69) is 19.2 Å². The van der Waals surface area contributed by atoms with Crippen LogP contribution in [0, 0.1) is 5.92 Å². The number of rotatable bonds is 4. The lowest BCUT2D eigenvalue weighted by atomic mass is 9.86. The molecule has 0 unspecified atom stereocenters. The van der Waals surface area contributed by atoms with Crippen molar-refractivity contribution in [2.75, 3.05) is 16.8 Å². The van der Waals surface area contributed by atoms with Crippen LogP contribution in [0.5, 0.6) is 0 Å². The molecule has 9 heteroatoms. The van der Waals surface area contributed by atoms with Gasteiger partial charge in [-0.15, -0.1) is 0 Å². The van der Waals surface area contributed by atoms with E-state index in [1.165, 1.54) is 0 Å². The third kappa shape index (κ3) is 2.91. The second kappa shape index (κ2) is 7.39. The maximum atomic E-state index is 13.6. The van der Waals surface area contributed by atoms with Gasteiger partial charge in [0, 0.05) is 23.1 Å². The molecule has 9 nitrogen and oxygen atoms in total. The van der Waals surface area contributed by atoms with Crippen LogP contribution >= 0.6 is 0 Å². The highest BCUT2D eigenvalue weighted by atomic mass is 16.6. The van der Waals surface area contributed by atoms with E-state index in [-0.39, 0.29) is 42.3 Å². The van der Waals surface area contributed by atoms with Crippen molar-refractivity contribution in [1.82, 2.24) is 9.55 Å². The third-order valence-corrected chi connectivity index (χ3v) is 7.37. The predicted molar refractivity (Wildman–Crippen MR) is 130 cm³/mol. The Kier molecular flexibility index (Phi) is 4.60. The fourth-order valence-corrected chi connectivity index (χ4v) is 5.39. The van der Waals surface area contributed by atoms with Crippen LogP contribution in [0.1, 0.15) is 50.3 Å². The van der Waals surface area contributed by atoms with Crippen molar-refractivity contribution in [1.29, 1.82) is 0 Å². The highest BCUT2D eigenvalue weighted by molar-refractivity contribution is 6.19. The first-order valence-corrected chi connectivity index (χ1v) is 12.0. The lowest BCUT2D eigenvalue weighted by Gasteiger charge is -2.32. The van der Waals surface area contributed by atoms with Crippen molar-refractivity contribution < 1.29 is 19.4 Å². The van der Waals surface area contributed by atoms with Crippen LogP contribution in [0.4, 0.5) is 16.2 Å². The number of carbonyl (C=O) groups is 2. The van der Waals surface area contributed by atoms with Gasteiger partial charge in [0.05, 0.1) is 40.4 Å².